The maximum absolute atomic E-state index is 13.6. The molecule has 0 amide bonds. The SMILES string of the molecule is Cc1cc2ccc(OCc3ccccc3F)cn2c1C(=O)O. The number of nitrogens with zero attached hydrogens (tertiary/aromatic N) is 1. The van der Waals surface area contributed by atoms with E-state index in [0.29, 0.717) is 16.9 Å². The minimum atomic E-state index is -0.997. The van der Waals surface area contributed by atoms with E-state index in [1.807, 2.05) is 0 Å². The first-order chi connectivity index (χ1) is 10.6. The molecule has 22 heavy (non-hydrogen) atoms. The number of hydrogen-bond donors (Lipinski definition) is 1. The van der Waals surface area contributed by atoms with Crippen molar-refractivity contribution in [3.63, 3.8) is 0 Å². The summed E-state index contributed by atoms with van der Waals surface area (Å²) in [6.07, 6.45) is 1.60. The molecule has 0 saturated heterocycles. The van der Waals surface area contributed by atoms with Crippen LogP contribution < -0.4 is 4.74 Å². The number of fused-ring (bicyclic) bond motifs is 1. The quantitative estimate of drug-likeness (QED) is 0.799. The van der Waals surface area contributed by atoms with E-state index in [2.05, 4.69) is 0 Å². The summed E-state index contributed by atoms with van der Waals surface area (Å²) in [6, 6.07) is 11.7. The second kappa shape index (κ2) is 5.52. The van der Waals surface area contributed by atoms with Crippen LogP contribution in [0.5, 0.6) is 5.75 Å². The van der Waals surface area contributed by atoms with Crippen LogP contribution >= 0.6 is 0 Å². The molecular weight excluding hydrogens is 285 g/mol. The molecule has 3 rings (SSSR count). The van der Waals surface area contributed by atoms with Gasteiger partial charge >= 0.3 is 5.97 Å². The fourth-order valence-corrected chi connectivity index (χ4v) is 2.42. The van der Waals surface area contributed by atoms with Gasteiger partial charge in [-0.2, -0.15) is 0 Å². The second-order valence-electron chi connectivity index (χ2n) is 5.02. The molecule has 0 unspecified atom stereocenters. The van der Waals surface area contributed by atoms with Crippen LogP contribution in [0, 0.1) is 12.7 Å². The molecule has 0 fully saturated rings. The molecule has 0 aliphatic carbocycles. The molecule has 0 radical (unpaired) electrons. The molecule has 0 spiro atoms. The third kappa shape index (κ3) is 2.53. The number of aromatic nitrogens is 1. The Morgan fingerprint density at radius 1 is 1.27 bits per heavy atom. The highest BCUT2D eigenvalue weighted by atomic mass is 19.1. The van der Waals surface area contributed by atoms with Crippen molar-refractivity contribution >= 4 is 11.5 Å². The number of aromatic carboxylic acids is 1. The first-order valence-corrected chi connectivity index (χ1v) is 6.77. The predicted molar refractivity (Wildman–Crippen MR) is 79.8 cm³/mol. The van der Waals surface area contributed by atoms with E-state index < -0.39 is 5.97 Å². The third-order valence-electron chi connectivity index (χ3n) is 3.49. The second-order valence-corrected chi connectivity index (χ2v) is 5.02. The van der Waals surface area contributed by atoms with E-state index in [-0.39, 0.29) is 18.1 Å². The van der Waals surface area contributed by atoms with E-state index in [4.69, 9.17) is 4.74 Å². The number of ether oxygens (including phenoxy) is 1. The smallest absolute Gasteiger partial charge is 0.353 e. The van der Waals surface area contributed by atoms with Crippen LogP contribution in [0.15, 0.2) is 48.7 Å². The molecule has 1 aromatic carbocycles. The number of carboxylic acids is 1. The van der Waals surface area contributed by atoms with Gasteiger partial charge in [-0.05, 0) is 36.8 Å². The Kier molecular flexibility index (Phi) is 3.55. The summed E-state index contributed by atoms with van der Waals surface area (Å²) in [4.78, 5) is 11.3. The van der Waals surface area contributed by atoms with E-state index >= 15 is 0 Å². The van der Waals surface area contributed by atoms with Crippen LogP contribution in [0.2, 0.25) is 0 Å². The summed E-state index contributed by atoms with van der Waals surface area (Å²) in [5, 5.41) is 9.28. The predicted octanol–water partition coefficient (Wildman–Crippen LogP) is 3.66. The largest absolute Gasteiger partial charge is 0.487 e. The fraction of sp³-hybridized carbons (Fsp3) is 0.118. The van der Waals surface area contributed by atoms with Crippen molar-refractivity contribution in [2.75, 3.05) is 0 Å². The highest BCUT2D eigenvalue weighted by Crippen LogP contribution is 2.21. The highest BCUT2D eigenvalue weighted by molar-refractivity contribution is 5.89. The van der Waals surface area contributed by atoms with Gasteiger partial charge in [0.1, 0.15) is 23.9 Å². The monoisotopic (exact) mass is 299 g/mol. The van der Waals surface area contributed by atoms with Gasteiger partial charge in [-0.25, -0.2) is 9.18 Å². The summed E-state index contributed by atoms with van der Waals surface area (Å²) in [5.74, 6) is -0.843. The minimum absolute atomic E-state index is 0.0842. The molecule has 5 heteroatoms. The van der Waals surface area contributed by atoms with Gasteiger partial charge in [0.2, 0.25) is 0 Å². The average molecular weight is 299 g/mol. The Morgan fingerprint density at radius 3 is 2.77 bits per heavy atom. The van der Waals surface area contributed by atoms with Crippen LogP contribution in [-0.2, 0) is 6.61 Å². The van der Waals surface area contributed by atoms with Crippen molar-refractivity contribution in [2.45, 2.75) is 13.5 Å². The van der Waals surface area contributed by atoms with Gasteiger partial charge in [-0.1, -0.05) is 18.2 Å². The number of rotatable bonds is 4. The molecule has 0 atom stereocenters. The van der Waals surface area contributed by atoms with Crippen molar-refractivity contribution in [1.82, 2.24) is 4.40 Å². The van der Waals surface area contributed by atoms with Crippen LogP contribution in [0.4, 0.5) is 4.39 Å². The third-order valence-corrected chi connectivity index (χ3v) is 3.49. The summed E-state index contributed by atoms with van der Waals surface area (Å²) < 4.78 is 20.7. The van der Waals surface area contributed by atoms with Gasteiger partial charge in [0, 0.05) is 11.1 Å². The van der Waals surface area contributed by atoms with E-state index in [1.165, 1.54) is 6.07 Å². The van der Waals surface area contributed by atoms with Gasteiger partial charge in [-0.3, -0.25) is 0 Å². The van der Waals surface area contributed by atoms with Gasteiger partial charge in [0.05, 0.1) is 6.20 Å². The lowest BCUT2D eigenvalue weighted by Gasteiger charge is -2.08. The zero-order valence-electron chi connectivity index (χ0n) is 11.9. The molecule has 1 N–H and O–H groups in total. The first kappa shape index (κ1) is 14.1. The maximum Gasteiger partial charge on any atom is 0.353 e. The Labute approximate surface area is 126 Å². The summed E-state index contributed by atoms with van der Waals surface area (Å²) >= 11 is 0. The number of aryl methyl sites for hydroxylation is 1. The summed E-state index contributed by atoms with van der Waals surface area (Å²) in [6.45, 7) is 1.83. The molecule has 2 heterocycles. The Hall–Kier alpha value is -2.82. The van der Waals surface area contributed by atoms with E-state index in [9.17, 15) is 14.3 Å². The average Bonchev–Trinajstić information content (AvgIpc) is 2.81. The van der Waals surface area contributed by atoms with E-state index in [0.717, 1.165) is 5.52 Å². The minimum Gasteiger partial charge on any atom is -0.487 e. The Balaban J connectivity index is 1.90. The Morgan fingerprint density at radius 2 is 2.05 bits per heavy atom. The van der Waals surface area contributed by atoms with Crippen molar-refractivity contribution in [1.29, 1.82) is 0 Å². The van der Waals surface area contributed by atoms with E-state index in [1.54, 1.807) is 53.9 Å². The molecule has 4 nitrogen and oxygen atoms in total. The van der Waals surface area contributed by atoms with Crippen LogP contribution in [-0.4, -0.2) is 15.5 Å². The zero-order valence-corrected chi connectivity index (χ0v) is 11.9. The number of halogens is 1. The lowest BCUT2D eigenvalue weighted by molar-refractivity contribution is 0.0688. The molecule has 0 saturated carbocycles. The molecule has 2 aromatic heterocycles. The topological polar surface area (TPSA) is 50.9 Å². The fourth-order valence-electron chi connectivity index (χ4n) is 2.42. The maximum atomic E-state index is 13.6. The number of carboxylic acid groups (broad SMARTS) is 1. The van der Waals surface area contributed by atoms with Crippen LogP contribution in [0.3, 0.4) is 0 Å². The van der Waals surface area contributed by atoms with Crippen LogP contribution in [0.1, 0.15) is 21.6 Å². The molecule has 0 bridgehead atoms. The normalized spacial score (nSPS) is 10.8. The molecule has 3 aromatic rings. The van der Waals surface area contributed by atoms with Gasteiger partial charge < -0.3 is 14.2 Å². The van der Waals surface area contributed by atoms with Gasteiger partial charge in [0.15, 0.2) is 0 Å². The van der Waals surface area contributed by atoms with Gasteiger partial charge in [-0.15, -0.1) is 0 Å². The molecule has 0 aliphatic heterocycles. The summed E-state index contributed by atoms with van der Waals surface area (Å²) in [7, 11) is 0. The molecular formula is C17H14FNO3. The van der Waals surface area contributed by atoms with Crippen molar-refractivity contribution in [2.24, 2.45) is 0 Å². The van der Waals surface area contributed by atoms with Crippen molar-refractivity contribution in [3.8, 4) is 5.75 Å². The van der Waals surface area contributed by atoms with Gasteiger partial charge in [0.25, 0.3) is 0 Å². The standard InChI is InChI=1S/C17H14FNO3/c1-11-8-13-6-7-14(9-19(13)16(11)17(20)21)22-10-12-4-2-3-5-15(12)18/h2-9H,10H2,1H3,(H,20,21). The number of carbonyl (C=O) groups is 1. The number of pyridine rings is 1. The number of benzene rings is 1. The summed E-state index contributed by atoms with van der Waals surface area (Å²) in [5.41, 5.74) is 2.10. The van der Waals surface area contributed by atoms with Crippen molar-refractivity contribution < 1.29 is 19.0 Å². The first-order valence-electron chi connectivity index (χ1n) is 6.77. The Bertz CT molecular complexity index is 854. The highest BCUT2D eigenvalue weighted by Gasteiger charge is 2.14. The molecule has 112 valence electrons. The lowest BCUT2D eigenvalue weighted by atomic mass is 10.2. The zero-order chi connectivity index (χ0) is 15.7. The van der Waals surface area contributed by atoms with Crippen molar-refractivity contribution in [3.05, 3.63) is 71.3 Å². The lowest BCUT2D eigenvalue weighted by Crippen LogP contribution is -2.04. The number of hydrogen-bond acceptors (Lipinski definition) is 2. The molecule has 0 aliphatic rings. The van der Waals surface area contributed by atoms with Crippen LogP contribution in [0.25, 0.3) is 5.52 Å².